The first-order valence-electron chi connectivity index (χ1n) is 7.15. The number of hydrogen-bond acceptors (Lipinski definition) is 3. The minimum absolute atomic E-state index is 0. The summed E-state index contributed by atoms with van der Waals surface area (Å²) in [7, 11) is -1.25. The van der Waals surface area contributed by atoms with Crippen LogP contribution in [0.1, 0.15) is 22.3 Å². The molecular formula is C17H21N3O2S. The Kier molecular flexibility index (Phi) is 4.87. The Balaban J connectivity index is 0.00000192. The fourth-order valence-electron chi connectivity index (χ4n) is 2.44. The van der Waals surface area contributed by atoms with Crippen molar-refractivity contribution in [2.24, 2.45) is 0 Å². The third-order valence-corrected chi connectivity index (χ3v) is 5.19. The van der Waals surface area contributed by atoms with E-state index in [0.717, 1.165) is 39.0 Å². The molecule has 1 aromatic heterocycles. The smallest absolute Gasteiger partial charge is 0.197 e. The van der Waals surface area contributed by atoms with E-state index in [1.807, 2.05) is 51.1 Å². The summed E-state index contributed by atoms with van der Waals surface area (Å²) in [6.07, 6.45) is 0. The minimum Gasteiger partial charge on any atom is -0.412 e. The maximum atomic E-state index is 12.6. The molecule has 0 spiro atoms. The number of nitrogen functional groups attached to an aromatic ring is 1. The molecule has 0 bridgehead atoms. The first-order valence-corrected chi connectivity index (χ1v) is 8.47. The molecule has 122 valence electrons. The van der Waals surface area contributed by atoms with Crippen LogP contribution in [-0.4, -0.2) is 19.7 Å². The van der Waals surface area contributed by atoms with Gasteiger partial charge in [0.15, 0.2) is 5.16 Å². The molecule has 1 atom stereocenters. The number of fused-ring (bicyclic) bond motifs is 1. The van der Waals surface area contributed by atoms with E-state index in [2.05, 4.69) is 9.97 Å². The Morgan fingerprint density at radius 3 is 2.65 bits per heavy atom. The molecule has 0 aliphatic carbocycles. The lowest BCUT2D eigenvalue weighted by atomic mass is 10.0. The quantitative estimate of drug-likeness (QED) is 0.721. The second kappa shape index (κ2) is 6.52. The van der Waals surface area contributed by atoms with E-state index in [1.54, 1.807) is 0 Å². The SMILES string of the molecule is Cc1ccc2nc(S(=O)Cc3ccc(C)c(C)c3N)[nH]c2c1.O. The largest absolute Gasteiger partial charge is 0.412 e. The molecule has 0 amide bonds. The summed E-state index contributed by atoms with van der Waals surface area (Å²) >= 11 is 0. The Hall–Kier alpha value is -2.18. The average Bonchev–Trinajstić information content (AvgIpc) is 2.91. The monoisotopic (exact) mass is 331 g/mol. The number of aryl methyl sites for hydroxylation is 2. The fraction of sp³-hybridized carbons (Fsp3) is 0.235. The molecule has 6 heteroatoms. The van der Waals surface area contributed by atoms with Crippen molar-refractivity contribution >= 4 is 27.5 Å². The second-order valence-electron chi connectivity index (χ2n) is 5.63. The van der Waals surface area contributed by atoms with Crippen LogP contribution in [0.3, 0.4) is 0 Å². The number of nitrogens with two attached hydrogens (primary N) is 1. The summed E-state index contributed by atoms with van der Waals surface area (Å²) < 4.78 is 12.6. The molecule has 2 aromatic carbocycles. The highest BCUT2D eigenvalue weighted by Crippen LogP contribution is 2.23. The van der Waals surface area contributed by atoms with Crippen molar-refractivity contribution in [1.82, 2.24) is 9.97 Å². The molecule has 23 heavy (non-hydrogen) atoms. The van der Waals surface area contributed by atoms with Crippen LogP contribution in [0.2, 0.25) is 0 Å². The highest BCUT2D eigenvalue weighted by Gasteiger charge is 2.13. The van der Waals surface area contributed by atoms with Crippen molar-refractivity contribution in [2.45, 2.75) is 31.7 Å². The van der Waals surface area contributed by atoms with E-state index in [-0.39, 0.29) is 5.48 Å². The minimum atomic E-state index is -1.25. The fourth-order valence-corrected chi connectivity index (χ4v) is 3.53. The van der Waals surface area contributed by atoms with E-state index in [4.69, 9.17) is 5.73 Å². The lowest BCUT2D eigenvalue weighted by molar-refractivity contribution is 0.677. The predicted octanol–water partition coefficient (Wildman–Crippen LogP) is 2.55. The van der Waals surface area contributed by atoms with Crippen LogP contribution in [0.15, 0.2) is 35.5 Å². The van der Waals surface area contributed by atoms with Gasteiger partial charge in [-0.15, -0.1) is 0 Å². The zero-order valence-electron chi connectivity index (χ0n) is 13.4. The van der Waals surface area contributed by atoms with Gasteiger partial charge in [-0.25, -0.2) is 4.98 Å². The van der Waals surface area contributed by atoms with Crippen LogP contribution in [0.4, 0.5) is 5.69 Å². The van der Waals surface area contributed by atoms with Crippen LogP contribution < -0.4 is 5.73 Å². The topological polar surface area (TPSA) is 103 Å². The Bertz CT molecular complexity index is 887. The maximum absolute atomic E-state index is 12.6. The van der Waals surface area contributed by atoms with Crippen molar-refractivity contribution in [3.63, 3.8) is 0 Å². The van der Waals surface area contributed by atoms with Gasteiger partial charge in [0.2, 0.25) is 0 Å². The van der Waals surface area contributed by atoms with Crippen molar-refractivity contribution < 1.29 is 9.69 Å². The third kappa shape index (κ3) is 3.28. The van der Waals surface area contributed by atoms with Gasteiger partial charge >= 0.3 is 0 Å². The molecule has 0 saturated heterocycles. The van der Waals surface area contributed by atoms with Gasteiger partial charge in [0.05, 0.1) is 27.6 Å². The third-order valence-electron chi connectivity index (χ3n) is 3.99. The van der Waals surface area contributed by atoms with Crippen molar-refractivity contribution in [2.75, 3.05) is 5.73 Å². The van der Waals surface area contributed by atoms with Crippen molar-refractivity contribution in [1.29, 1.82) is 0 Å². The first-order chi connectivity index (χ1) is 10.5. The van der Waals surface area contributed by atoms with Crippen LogP contribution in [0.5, 0.6) is 0 Å². The van der Waals surface area contributed by atoms with Gasteiger partial charge in [-0.2, -0.15) is 0 Å². The van der Waals surface area contributed by atoms with Crippen LogP contribution >= 0.6 is 0 Å². The number of imidazole rings is 1. The number of nitrogens with one attached hydrogen (secondary N) is 1. The molecule has 5 N–H and O–H groups in total. The molecular weight excluding hydrogens is 310 g/mol. The zero-order chi connectivity index (χ0) is 15.9. The number of aromatic amines is 1. The molecule has 1 heterocycles. The lowest BCUT2D eigenvalue weighted by Crippen LogP contribution is -2.04. The van der Waals surface area contributed by atoms with Crippen LogP contribution in [0.25, 0.3) is 11.0 Å². The first kappa shape index (κ1) is 17.2. The highest BCUT2D eigenvalue weighted by atomic mass is 32.2. The van der Waals surface area contributed by atoms with E-state index in [0.29, 0.717) is 10.9 Å². The molecule has 3 rings (SSSR count). The molecule has 3 aromatic rings. The summed E-state index contributed by atoms with van der Waals surface area (Å²) in [4.78, 5) is 7.57. The van der Waals surface area contributed by atoms with E-state index in [9.17, 15) is 4.21 Å². The summed E-state index contributed by atoms with van der Waals surface area (Å²) in [6, 6.07) is 9.90. The predicted molar refractivity (Wildman–Crippen MR) is 94.9 cm³/mol. The number of hydrogen-bond donors (Lipinski definition) is 2. The van der Waals surface area contributed by atoms with Gasteiger partial charge in [-0.1, -0.05) is 18.2 Å². The molecule has 0 aliphatic rings. The number of rotatable bonds is 3. The van der Waals surface area contributed by atoms with Gasteiger partial charge in [-0.3, -0.25) is 4.21 Å². The van der Waals surface area contributed by atoms with Crippen molar-refractivity contribution in [3.8, 4) is 0 Å². The number of aromatic nitrogens is 2. The molecule has 0 saturated carbocycles. The standard InChI is InChI=1S/C17H19N3OS.H2O/c1-10-4-7-14-15(8-10)20-17(19-14)22(21)9-13-6-5-11(2)12(3)16(13)18;/h4-8H,9,18H2,1-3H3,(H,19,20);1H2. The van der Waals surface area contributed by atoms with E-state index in [1.165, 1.54) is 0 Å². The van der Waals surface area contributed by atoms with E-state index < -0.39 is 10.8 Å². The maximum Gasteiger partial charge on any atom is 0.197 e. The van der Waals surface area contributed by atoms with Gasteiger partial charge in [-0.05, 0) is 55.2 Å². The van der Waals surface area contributed by atoms with E-state index >= 15 is 0 Å². The normalized spacial score (nSPS) is 12.1. The second-order valence-corrected chi connectivity index (χ2v) is 7.00. The van der Waals surface area contributed by atoms with Gasteiger partial charge in [0.25, 0.3) is 0 Å². The van der Waals surface area contributed by atoms with Gasteiger partial charge < -0.3 is 16.2 Å². The van der Waals surface area contributed by atoms with Crippen molar-refractivity contribution in [3.05, 3.63) is 52.6 Å². The van der Waals surface area contributed by atoms with Crippen LogP contribution in [0, 0.1) is 20.8 Å². The summed E-state index contributed by atoms with van der Waals surface area (Å²) in [5.74, 6) is 0.367. The molecule has 1 unspecified atom stereocenters. The number of nitrogens with zero attached hydrogens (tertiary/aromatic N) is 1. The molecule has 0 aliphatic heterocycles. The van der Waals surface area contributed by atoms with Gasteiger partial charge in [0.1, 0.15) is 0 Å². The Morgan fingerprint density at radius 2 is 1.91 bits per heavy atom. The summed E-state index contributed by atoms with van der Waals surface area (Å²) in [6.45, 7) is 6.03. The van der Waals surface area contributed by atoms with Crippen LogP contribution in [-0.2, 0) is 16.6 Å². The average molecular weight is 331 g/mol. The lowest BCUT2D eigenvalue weighted by Gasteiger charge is -2.09. The Morgan fingerprint density at radius 1 is 1.17 bits per heavy atom. The summed E-state index contributed by atoms with van der Waals surface area (Å²) in [5.41, 5.74) is 12.9. The molecule has 5 nitrogen and oxygen atoms in total. The summed E-state index contributed by atoms with van der Waals surface area (Å²) in [5, 5.41) is 0.498. The molecule has 0 fully saturated rings. The Labute approximate surface area is 137 Å². The number of H-pyrrole nitrogens is 1. The highest BCUT2D eigenvalue weighted by molar-refractivity contribution is 7.84. The number of anilines is 1. The number of benzene rings is 2. The molecule has 0 radical (unpaired) electrons. The zero-order valence-corrected chi connectivity index (χ0v) is 14.3. The van der Waals surface area contributed by atoms with Gasteiger partial charge in [0, 0.05) is 5.69 Å².